The van der Waals surface area contributed by atoms with E-state index in [1.54, 1.807) is 0 Å². The van der Waals surface area contributed by atoms with E-state index < -0.39 is 0 Å². The third kappa shape index (κ3) is 3.37. The van der Waals surface area contributed by atoms with Gasteiger partial charge in [0, 0.05) is 24.8 Å². The molecule has 2 aromatic heterocycles. The molecule has 4 rings (SSSR count). The van der Waals surface area contributed by atoms with E-state index in [4.69, 9.17) is 4.98 Å². The number of hydrogen-bond acceptors (Lipinski definition) is 2. The minimum Gasteiger partial charge on any atom is -0.302 e. The molecule has 0 fully saturated rings. The van der Waals surface area contributed by atoms with Crippen LogP contribution in [0, 0.1) is 5.82 Å². The lowest BCUT2D eigenvalue weighted by Gasteiger charge is -2.17. The van der Waals surface area contributed by atoms with E-state index in [1.165, 1.54) is 12.1 Å². The molecule has 130 valence electrons. The van der Waals surface area contributed by atoms with E-state index >= 15 is 0 Å². The lowest BCUT2D eigenvalue weighted by Crippen LogP contribution is -2.18. The molecule has 0 aliphatic rings. The third-order valence-corrected chi connectivity index (χ3v) is 4.46. The molecule has 26 heavy (non-hydrogen) atoms. The Morgan fingerprint density at radius 1 is 0.885 bits per heavy atom. The first kappa shape index (κ1) is 16.5. The van der Waals surface area contributed by atoms with Crippen molar-refractivity contribution in [2.24, 2.45) is 0 Å². The molecule has 0 unspecified atom stereocenters. The highest BCUT2D eigenvalue weighted by Crippen LogP contribution is 2.25. The van der Waals surface area contributed by atoms with Crippen molar-refractivity contribution in [3.63, 3.8) is 0 Å². The summed E-state index contributed by atoms with van der Waals surface area (Å²) in [6, 6.07) is 23.0. The number of nitrogens with zero attached hydrogens (tertiary/aromatic N) is 3. The molecule has 4 heteroatoms. The highest BCUT2D eigenvalue weighted by atomic mass is 19.1. The van der Waals surface area contributed by atoms with Crippen molar-refractivity contribution >= 4 is 5.65 Å². The topological polar surface area (TPSA) is 20.5 Å². The first-order valence-electron chi connectivity index (χ1n) is 8.65. The molecule has 0 aliphatic heterocycles. The van der Waals surface area contributed by atoms with Crippen LogP contribution in [0.15, 0.2) is 79.0 Å². The molecular formula is C22H20FN3. The average Bonchev–Trinajstić information content (AvgIpc) is 3.03. The summed E-state index contributed by atoms with van der Waals surface area (Å²) in [6.45, 7) is 1.49. The fourth-order valence-corrected chi connectivity index (χ4v) is 3.24. The summed E-state index contributed by atoms with van der Waals surface area (Å²) < 4.78 is 15.3. The Labute approximate surface area is 152 Å². The maximum atomic E-state index is 13.1. The number of benzene rings is 2. The van der Waals surface area contributed by atoms with Crippen molar-refractivity contribution in [1.82, 2.24) is 14.3 Å². The second kappa shape index (κ2) is 7.10. The van der Waals surface area contributed by atoms with Gasteiger partial charge < -0.3 is 4.40 Å². The predicted molar refractivity (Wildman–Crippen MR) is 102 cm³/mol. The van der Waals surface area contributed by atoms with Crippen LogP contribution in [0.1, 0.15) is 11.3 Å². The number of aromatic nitrogens is 2. The third-order valence-electron chi connectivity index (χ3n) is 4.46. The second-order valence-electron chi connectivity index (χ2n) is 6.50. The Bertz CT molecular complexity index is 1010. The molecule has 0 saturated heterocycles. The molecule has 3 nitrogen and oxygen atoms in total. The zero-order chi connectivity index (χ0) is 17.9. The number of fused-ring (bicyclic) bond motifs is 1. The predicted octanol–water partition coefficient (Wildman–Crippen LogP) is 4.77. The summed E-state index contributed by atoms with van der Waals surface area (Å²) in [5.74, 6) is -0.204. The van der Waals surface area contributed by atoms with Crippen molar-refractivity contribution in [3.8, 4) is 11.3 Å². The van der Waals surface area contributed by atoms with E-state index in [1.807, 2.05) is 48.5 Å². The van der Waals surface area contributed by atoms with Crippen LogP contribution in [0.2, 0.25) is 0 Å². The number of hydrogen-bond donors (Lipinski definition) is 0. The molecule has 0 atom stereocenters. The second-order valence-corrected chi connectivity index (χ2v) is 6.50. The summed E-state index contributed by atoms with van der Waals surface area (Å²) in [5, 5.41) is 0. The van der Waals surface area contributed by atoms with Gasteiger partial charge in [0.1, 0.15) is 11.5 Å². The van der Waals surface area contributed by atoms with Crippen molar-refractivity contribution in [3.05, 3.63) is 96.1 Å². The largest absolute Gasteiger partial charge is 0.302 e. The molecule has 0 aliphatic carbocycles. The number of halogens is 1. The van der Waals surface area contributed by atoms with E-state index in [2.05, 4.69) is 34.7 Å². The Balaban J connectivity index is 1.67. The van der Waals surface area contributed by atoms with Gasteiger partial charge in [-0.25, -0.2) is 9.37 Å². The molecule has 0 radical (unpaired) electrons. The smallest absolute Gasteiger partial charge is 0.137 e. The summed E-state index contributed by atoms with van der Waals surface area (Å²) >= 11 is 0. The first-order valence-corrected chi connectivity index (χ1v) is 8.65. The lowest BCUT2D eigenvalue weighted by atomic mass is 10.1. The molecule has 2 aromatic carbocycles. The van der Waals surface area contributed by atoms with Crippen molar-refractivity contribution in [2.45, 2.75) is 13.1 Å². The highest BCUT2D eigenvalue weighted by molar-refractivity contribution is 5.66. The normalized spacial score (nSPS) is 11.3. The molecular weight excluding hydrogens is 325 g/mol. The minimum atomic E-state index is -0.204. The van der Waals surface area contributed by atoms with E-state index in [-0.39, 0.29) is 5.82 Å². The molecule has 0 N–H and O–H groups in total. The first-order chi connectivity index (χ1) is 12.7. The van der Waals surface area contributed by atoms with Crippen LogP contribution in [-0.4, -0.2) is 21.3 Å². The zero-order valence-corrected chi connectivity index (χ0v) is 14.6. The molecule has 2 heterocycles. The number of pyridine rings is 1. The van der Waals surface area contributed by atoms with Crippen molar-refractivity contribution in [1.29, 1.82) is 0 Å². The van der Waals surface area contributed by atoms with Crippen LogP contribution in [0.3, 0.4) is 0 Å². The zero-order valence-electron chi connectivity index (χ0n) is 14.6. The van der Waals surface area contributed by atoms with Crippen LogP contribution in [0.5, 0.6) is 0 Å². The minimum absolute atomic E-state index is 0.204. The van der Waals surface area contributed by atoms with Gasteiger partial charge in [-0.1, -0.05) is 48.5 Å². The summed E-state index contributed by atoms with van der Waals surface area (Å²) in [5.41, 5.74) is 5.29. The summed E-state index contributed by atoms with van der Waals surface area (Å²) in [4.78, 5) is 7.06. The number of rotatable bonds is 5. The Morgan fingerprint density at radius 2 is 1.62 bits per heavy atom. The van der Waals surface area contributed by atoms with Crippen LogP contribution >= 0.6 is 0 Å². The van der Waals surface area contributed by atoms with Crippen molar-refractivity contribution in [2.75, 3.05) is 7.05 Å². The maximum absolute atomic E-state index is 13.1. The van der Waals surface area contributed by atoms with Crippen LogP contribution in [0.4, 0.5) is 4.39 Å². The van der Waals surface area contributed by atoms with Gasteiger partial charge in [-0.3, -0.25) is 4.90 Å². The molecule has 0 bridgehead atoms. The van der Waals surface area contributed by atoms with Crippen LogP contribution in [0.25, 0.3) is 16.9 Å². The van der Waals surface area contributed by atoms with Crippen LogP contribution in [-0.2, 0) is 13.1 Å². The monoisotopic (exact) mass is 345 g/mol. The fourth-order valence-electron chi connectivity index (χ4n) is 3.24. The molecule has 0 amide bonds. The Kier molecular flexibility index (Phi) is 4.50. The van der Waals surface area contributed by atoms with Gasteiger partial charge in [-0.2, -0.15) is 0 Å². The Morgan fingerprint density at radius 3 is 2.38 bits per heavy atom. The van der Waals surface area contributed by atoms with Gasteiger partial charge in [0.15, 0.2) is 0 Å². The van der Waals surface area contributed by atoms with E-state index in [0.29, 0.717) is 0 Å². The SMILES string of the molecule is CN(Cc1ccc(F)cc1)Cc1c(-c2ccccc2)nc2ccccn12. The van der Waals surface area contributed by atoms with Gasteiger partial charge in [-0.05, 0) is 36.9 Å². The highest BCUT2D eigenvalue weighted by Gasteiger charge is 2.15. The summed E-state index contributed by atoms with van der Waals surface area (Å²) in [6.07, 6.45) is 2.05. The van der Waals surface area contributed by atoms with Gasteiger partial charge in [0.2, 0.25) is 0 Å². The lowest BCUT2D eigenvalue weighted by molar-refractivity contribution is 0.314. The molecule has 0 spiro atoms. The van der Waals surface area contributed by atoms with E-state index in [9.17, 15) is 4.39 Å². The Hall–Kier alpha value is -2.98. The quantitative estimate of drug-likeness (QED) is 0.519. The fraction of sp³-hybridized carbons (Fsp3) is 0.136. The van der Waals surface area contributed by atoms with Gasteiger partial charge in [0.25, 0.3) is 0 Å². The van der Waals surface area contributed by atoms with Crippen molar-refractivity contribution < 1.29 is 4.39 Å². The molecule has 4 aromatic rings. The standard InChI is InChI=1S/C22H20FN3/c1-25(15-17-10-12-19(23)13-11-17)16-20-22(18-7-3-2-4-8-18)24-21-9-5-6-14-26(20)21/h2-14H,15-16H2,1H3. The van der Waals surface area contributed by atoms with E-state index in [0.717, 1.165) is 41.3 Å². The molecule has 0 saturated carbocycles. The summed E-state index contributed by atoms with van der Waals surface area (Å²) in [7, 11) is 2.07. The average molecular weight is 345 g/mol. The number of imidazole rings is 1. The maximum Gasteiger partial charge on any atom is 0.137 e. The van der Waals surface area contributed by atoms with Gasteiger partial charge in [-0.15, -0.1) is 0 Å². The van der Waals surface area contributed by atoms with Gasteiger partial charge >= 0.3 is 0 Å². The van der Waals surface area contributed by atoms with Gasteiger partial charge in [0.05, 0.1) is 11.4 Å². The van der Waals surface area contributed by atoms with Crippen LogP contribution < -0.4 is 0 Å².